The molecule has 0 aliphatic rings. The second kappa shape index (κ2) is 7.65. The van der Waals surface area contributed by atoms with Gasteiger partial charge in [-0.15, -0.1) is 11.3 Å². The second-order valence-corrected chi connectivity index (χ2v) is 8.86. The molecule has 0 radical (unpaired) electrons. The molecule has 3 aromatic heterocycles. The average molecular weight is 444 g/mol. The number of carbonyl (C=O) groups excluding carboxylic acids is 1. The Hall–Kier alpha value is -3.91. The van der Waals surface area contributed by atoms with E-state index in [1.807, 2.05) is 74.6 Å². The molecule has 0 bridgehead atoms. The average Bonchev–Trinajstić information content (AvgIpc) is 3.38. The smallest absolute Gasteiger partial charge is 0.298 e. The Labute approximate surface area is 187 Å². The van der Waals surface area contributed by atoms with Crippen molar-refractivity contribution < 1.29 is 4.79 Å². The first-order chi connectivity index (χ1) is 15.4. The van der Waals surface area contributed by atoms with Crippen LogP contribution in [0.1, 0.15) is 23.5 Å². The molecule has 0 aliphatic carbocycles. The van der Waals surface area contributed by atoms with E-state index >= 15 is 0 Å². The normalized spacial score (nSPS) is 11.5. The van der Waals surface area contributed by atoms with Crippen molar-refractivity contribution in [2.75, 3.05) is 5.32 Å². The molecule has 0 saturated carbocycles. The highest BCUT2D eigenvalue weighted by Crippen LogP contribution is 2.28. The molecule has 0 saturated heterocycles. The fourth-order valence-electron chi connectivity index (χ4n) is 3.79. The van der Waals surface area contributed by atoms with Crippen molar-refractivity contribution >= 4 is 44.3 Å². The molecule has 3 N–H and O–H groups in total. The molecule has 0 fully saturated rings. The SMILES string of the molecule is CC(C)Nc1nc2sc(C(N)=O)cc2n(-c2ccc3ccn(-c4ccccc4)c3c2)c1=O. The number of thiophene rings is 1. The Morgan fingerprint density at radius 3 is 2.53 bits per heavy atom. The number of anilines is 1. The lowest BCUT2D eigenvalue weighted by atomic mass is 10.2. The van der Waals surface area contributed by atoms with E-state index in [1.54, 1.807) is 10.6 Å². The summed E-state index contributed by atoms with van der Waals surface area (Å²) in [5.41, 5.74) is 8.46. The number of carbonyl (C=O) groups is 1. The second-order valence-electron chi connectivity index (χ2n) is 7.83. The first-order valence-corrected chi connectivity index (χ1v) is 11.0. The van der Waals surface area contributed by atoms with Crippen LogP contribution in [-0.2, 0) is 0 Å². The number of hydrogen-bond acceptors (Lipinski definition) is 5. The van der Waals surface area contributed by atoms with Crippen LogP contribution in [0, 0.1) is 0 Å². The fourth-order valence-corrected chi connectivity index (χ4v) is 4.66. The molecule has 8 heteroatoms. The van der Waals surface area contributed by atoms with Gasteiger partial charge in [-0.3, -0.25) is 14.2 Å². The van der Waals surface area contributed by atoms with Crippen molar-refractivity contribution in [2.45, 2.75) is 19.9 Å². The van der Waals surface area contributed by atoms with Crippen molar-refractivity contribution in [3.63, 3.8) is 0 Å². The predicted molar refractivity (Wildman–Crippen MR) is 129 cm³/mol. The minimum absolute atomic E-state index is 0.0227. The van der Waals surface area contributed by atoms with Crippen molar-refractivity contribution in [1.29, 1.82) is 0 Å². The summed E-state index contributed by atoms with van der Waals surface area (Å²) >= 11 is 1.18. The molecule has 160 valence electrons. The number of amides is 1. The molecule has 3 heterocycles. The minimum Gasteiger partial charge on any atom is -0.365 e. The third-order valence-corrected chi connectivity index (χ3v) is 6.22. The molecule has 1 amide bonds. The van der Waals surface area contributed by atoms with Crippen LogP contribution in [0.25, 0.3) is 32.6 Å². The summed E-state index contributed by atoms with van der Waals surface area (Å²) in [6, 6.07) is 19.6. The van der Waals surface area contributed by atoms with Crippen LogP contribution in [0.3, 0.4) is 0 Å². The zero-order chi connectivity index (χ0) is 22.4. The van der Waals surface area contributed by atoms with E-state index in [2.05, 4.69) is 14.9 Å². The van der Waals surface area contributed by atoms with E-state index in [-0.39, 0.29) is 17.4 Å². The summed E-state index contributed by atoms with van der Waals surface area (Å²) in [7, 11) is 0. The lowest BCUT2D eigenvalue weighted by Gasteiger charge is -2.14. The van der Waals surface area contributed by atoms with Crippen LogP contribution in [0.2, 0.25) is 0 Å². The highest BCUT2D eigenvalue weighted by molar-refractivity contribution is 7.20. The van der Waals surface area contributed by atoms with Crippen molar-refractivity contribution in [1.82, 2.24) is 14.1 Å². The number of nitrogens with two attached hydrogens (primary N) is 1. The van der Waals surface area contributed by atoms with Gasteiger partial charge in [-0.25, -0.2) is 4.98 Å². The number of fused-ring (bicyclic) bond motifs is 2. The van der Waals surface area contributed by atoms with Gasteiger partial charge in [0.05, 0.1) is 21.6 Å². The van der Waals surface area contributed by atoms with Gasteiger partial charge in [0.1, 0.15) is 4.83 Å². The van der Waals surface area contributed by atoms with Crippen molar-refractivity contribution in [2.24, 2.45) is 5.73 Å². The maximum Gasteiger partial charge on any atom is 0.298 e. The first-order valence-electron chi connectivity index (χ1n) is 10.2. The van der Waals surface area contributed by atoms with Gasteiger partial charge in [0, 0.05) is 23.3 Å². The Morgan fingerprint density at radius 1 is 1.03 bits per heavy atom. The monoisotopic (exact) mass is 443 g/mol. The van der Waals surface area contributed by atoms with E-state index in [4.69, 9.17) is 5.73 Å². The number of rotatable bonds is 5. The highest BCUT2D eigenvalue weighted by atomic mass is 32.1. The van der Waals surface area contributed by atoms with Gasteiger partial charge in [0.25, 0.3) is 11.5 Å². The van der Waals surface area contributed by atoms with Crippen LogP contribution in [-0.4, -0.2) is 26.1 Å². The summed E-state index contributed by atoms with van der Waals surface area (Å²) in [6.45, 7) is 3.88. The van der Waals surface area contributed by atoms with Crippen LogP contribution < -0.4 is 16.6 Å². The summed E-state index contributed by atoms with van der Waals surface area (Å²) in [4.78, 5) is 30.7. The zero-order valence-corrected chi connectivity index (χ0v) is 18.4. The lowest BCUT2D eigenvalue weighted by molar-refractivity contribution is 0.100. The number of para-hydroxylation sites is 1. The zero-order valence-electron chi connectivity index (χ0n) is 17.6. The summed E-state index contributed by atoms with van der Waals surface area (Å²) in [6.07, 6.45) is 2.01. The molecule has 7 nitrogen and oxygen atoms in total. The van der Waals surface area contributed by atoms with Gasteiger partial charge >= 0.3 is 0 Å². The highest BCUT2D eigenvalue weighted by Gasteiger charge is 2.18. The molecular weight excluding hydrogens is 422 g/mol. The van der Waals surface area contributed by atoms with Crippen LogP contribution >= 0.6 is 11.3 Å². The number of aromatic nitrogens is 3. The van der Waals surface area contributed by atoms with Gasteiger partial charge in [-0.05, 0) is 50.2 Å². The van der Waals surface area contributed by atoms with E-state index in [9.17, 15) is 9.59 Å². The topological polar surface area (TPSA) is 94.9 Å². The number of primary amides is 1. The van der Waals surface area contributed by atoms with E-state index in [0.29, 0.717) is 20.9 Å². The van der Waals surface area contributed by atoms with Crippen LogP contribution in [0.15, 0.2) is 71.7 Å². The largest absolute Gasteiger partial charge is 0.365 e. The molecular formula is C24H21N5O2S. The number of nitrogens with zero attached hydrogens (tertiary/aromatic N) is 3. The van der Waals surface area contributed by atoms with Gasteiger partial charge in [-0.1, -0.05) is 24.3 Å². The molecule has 0 spiro atoms. The maximum absolute atomic E-state index is 13.4. The maximum atomic E-state index is 13.4. The Kier molecular flexibility index (Phi) is 4.79. The van der Waals surface area contributed by atoms with Crippen molar-refractivity contribution in [3.05, 3.63) is 82.1 Å². The lowest BCUT2D eigenvalue weighted by Crippen LogP contribution is -2.26. The quantitative estimate of drug-likeness (QED) is 0.423. The van der Waals surface area contributed by atoms with Gasteiger partial charge in [0.2, 0.25) is 0 Å². The molecule has 32 heavy (non-hydrogen) atoms. The van der Waals surface area contributed by atoms with E-state index < -0.39 is 5.91 Å². The van der Waals surface area contributed by atoms with Gasteiger partial charge in [-0.2, -0.15) is 0 Å². The molecule has 0 unspecified atom stereocenters. The Bertz CT molecular complexity index is 1530. The van der Waals surface area contributed by atoms with Crippen LogP contribution in [0.5, 0.6) is 0 Å². The standard InChI is InChI=1S/C24H21N5O2S/c1-14(2)26-22-24(31)29(19-13-20(21(25)30)32-23(19)27-22)17-9-8-15-10-11-28(18(15)12-17)16-6-4-3-5-7-16/h3-14H,1-2H3,(H2,25,30)(H,26,27). The fraction of sp³-hybridized carbons (Fsp3) is 0.125. The predicted octanol–water partition coefficient (Wildman–Crippen LogP) is 4.31. The molecule has 5 rings (SSSR count). The van der Waals surface area contributed by atoms with E-state index in [1.165, 1.54) is 11.3 Å². The number of hydrogen-bond donors (Lipinski definition) is 2. The van der Waals surface area contributed by atoms with Crippen LogP contribution in [0.4, 0.5) is 5.82 Å². The Morgan fingerprint density at radius 2 is 1.81 bits per heavy atom. The number of nitrogens with one attached hydrogen (secondary N) is 1. The Balaban J connectivity index is 1.79. The minimum atomic E-state index is -0.543. The third kappa shape index (κ3) is 3.34. The molecule has 0 atom stereocenters. The molecule has 0 aliphatic heterocycles. The molecule has 2 aromatic carbocycles. The third-order valence-electron chi connectivity index (χ3n) is 5.19. The van der Waals surface area contributed by atoms with E-state index in [0.717, 1.165) is 16.6 Å². The number of benzene rings is 2. The van der Waals surface area contributed by atoms with Crippen molar-refractivity contribution in [3.8, 4) is 11.4 Å². The molecule has 5 aromatic rings. The summed E-state index contributed by atoms with van der Waals surface area (Å²) in [5.74, 6) is -0.303. The summed E-state index contributed by atoms with van der Waals surface area (Å²) in [5, 5.41) is 4.18. The van der Waals surface area contributed by atoms with Gasteiger partial charge in [0.15, 0.2) is 5.82 Å². The first kappa shape index (κ1) is 20.0. The van der Waals surface area contributed by atoms with Gasteiger partial charge < -0.3 is 15.6 Å². The summed E-state index contributed by atoms with van der Waals surface area (Å²) < 4.78 is 3.68.